The van der Waals surface area contributed by atoms with Gasteiger partial charge in [-0.3, -0.25) is 9.52 Å². The Balaban J connectivity index is 1.78. The van der Waals surface area contributed by atoms with Gasteiger partial charge in [0.05, 0.1) is 16.1 Å². The van der Waals surface area contributed by atoms with Gasteiger partial charge in [-0.15, -0.1) is 0 Å². The first-order valence-corrected chi connectivity index (χ1v) is 10.5. The maximum atomic E-state index is 12.7. The van der Waals surface area contributed by atoms with Gasteiger partial charge in [0.1, 0.15) is 0 Å². The van der Waals surface area contributed by atoms with Gasteiger partial charge < -0.3 is 5.32 Å². The molecule has 138 valence electrons. The summed E-state index contributed by atoms with van der Waals surface area (Å²) < 4.78 is 27.7. The molecule has 26 heavy (non-hydrogen) atoms. The van der Waals surface area contributed by atoms with E-state index < -0.39 is 10.0 Å². The van der Waals surface area contributed by atoms with E-state index in [1.807, 2.05) is 0 Å². The van der Waals surface area contributed by atoms with Crippen molar-refractivity contribution in [3.63, 3.8) is 0 Å². The fourth-order valence-electron chi connectivity index (χ4n) is 3.26. The van der Waals surface area contributed by atoms with E-state index in [2.05, 4.69) is 10.0 Å². The Bertz CT molecular complexity index is 842. The van der Waals surface area contributed by atoms with E-state index >= 15 is 0 Å². The molecule has 0 aromatic heterocycles. The smallest absolute Gasteiger partial charge is 0.261 e. The maximum Gasteiger partial charge on any atom is 0.261 e. The zero-order valence-electron chi connectivity index (χ0n) is 14.6. The molecule has 1 amide bonds. The molecule has 1 saturated carbocycles. The second-order valence-corrected chi connectivity index (χ2v) is 8.31. The van der Waals surface area contributed by atoms with Crippen molar-refractivity contribution >= 4 is 21.6 Å². The molecule has 0 atom stereocenters. The van der Waals surface area contributed by atoms with Gasteiger partial charge >= 0.3 is 0 Å². The van der Waals surface area contributed by atoms with Crippen LogP contribution in [-0.4, -0.2) is 20.4 Å². The van der Waals surface area contributed by atoms with Crippen LogP contribution in [0, 0.1) is 0 Å². The van der Waals surface area contributed by atoms with Crippen LogP contribution in [0.3, 0.4) is 0 Å². The van der Waals surface area contributed by atoms with E-state index in [0.717, 1.165) is 25.7 Å². The van der Waals surface area contributed by atoms with Gasteiger partial charge in [-0.25, -0.2) is 8.42 Å². The third-order valence-corrected chi connectivity index (χ3v) is 6.04. The third-order valence-electron chi connectivity index (χ3n) is 4.66. The van der Waals surface area contributed by atoms with Crippen molar-refractivity contribution in [2.75, 3.05) is 4.72 Å². The lowest BCUT2D eigenvalue weighted by Crippen LogP contribution is -2.35. The molecule has 0 unspecified atom stereocenters. The van der Waals surface area contributed by atoms with Crippen LogP contribution in [0.2, 0.25) is 0 Å². The molecule has 5 nitrogen and oxygen atoms in total. The lowest BCUT2D eigenvalue weighted by atomic mass is 10.1. The van der Waals surface area contributed by atoms with Crippen molar-refractivity contribution in [3.05, 3.63) is 60.2 Å². The highest BCUT2D eigenvalue weighted by Gasteiger charge is 2.20. The minimum absolute atomic E-state index is 0.156. The second-order valence-electron chi connectivity index (χ2n) is 6.63. The molecule has 3 rings (SSSR count). The van der Waals surface area contributed by atoms with Gasteiger partial charge in [0.25, 0.3) is 15.9 Å². The molecule has 0 radical (unpaired) electrons. The van der Waals surface area contributed by atoms with Crippen LogP contribution in [0.1, 0.15) is 48.9 Å². The SMILES string of the molecule is O=C(NC1CCCCCC1)c1ccccc1NS(=O)(=O)c1ccccc1. The summed E-state index contributed by atoms with van der Waals surface area (Å²) in [5, 5.41) is 3.07. The normalized spacial score (nSPS) is 15.8. The van der Waals surface area contributed by atoms with E-state index in [-0.39, 0.29) is 16.8 Å². The number of nitrogens with one attached hydrogen (secondary N) is 2. The Morgan fingerprint density at radius 3 is 2.15 bits per heavy atom. The van der Waals surface area contributed by atoms with Crippen molar-refractivity contribution < 1.29 is 13.2 Å². The minimum Gasteiger partial charge on any atom is -0.349 e. The van der Waals surface area contributed by atoms with E-state index in [1.54, 1.807) is 42.5 Å². The minimum atomic E-state index is -3.74. The molecule has 1 fully saturated rings. The number of carbonyl (C=O) groups excluding carboxylic acids is 1. The van der Waals surface area contributed by atoms with Crippen molar-refractivity contribution in [2.45, 2.75) is 49.5 Å². The first-order chi connectivity index (χ1) is 12.6. The molecule has 0 heterocycles. The molecule has 0 bridgehead atoms. The van der Waals surface area contributed by atoms with Gasteiger partial charge in [-0.05, 0) is 37.1 Å². The van der Waals surface area contributed by atoms with Gasteiger partial charge in [0, 0.05) is 6.04 Å². The fraction of sp³-hybridized carbons (Fsp3) is 0.350. The van der Waals surface area contributed by atoms with Gasteiger partial charge in [-0.1, -0.05) is 56.0 Å². The molecule has 1 aliphatic carbocycles. The highest BCUT2D eigenvalue weighted by Crippen LogP contribution is 2.22. The van der Waals surface area contributed by atoms with E-state index in [9.17, 15) is 13.2 Å². The quantitative estimate of drug-likeness (QED) is 0.781. The number of para-hydroxylation sites is 1. The van der Waals surface area contributed by atoms with Crippen LogP contribution in [0.15, 0.2) is 59.5 Å². The van der Waals surface area contributed by atoms with Crippen LogP contribution in [0.4, 0.5) is 5.69 Å². The molecule has 0 saturated heterocycles. The lowest BCUT2D eigenvalue weighted by molar-refractivity contribution is 0.0934. The third kappa shape index (κ3) is 4.64. The number of rotatable bonds is 5. The number of hydrogen-bond acceptors (Lipinski definition) is 3. The Morgan fingerprint density at radius 2 is 1.46 bits per heavy atom. The summed E-state index contributed by atoms with van der Waals surface area (Å²) in [7, 11) is -3.74. The summed E-state index contributed by atoms with van der Waals surface area (Å²) in [4.78, 5) is 12.9. The predicted octanol–water partition coefficient (Wildman–Crippen LogP) is 3.94. The topological polar surface area (TPSA) is 75.3 Å². The van der Waals surface area contributed by atoms with Gasteiger partial charge in [-0.2, -0.15) is 0 Å². The Morgan fingerprint density at radius 1 is 0.846 bits per heavy atom. The predicted molar refractivity (Wildman–Crippen MR) is 103 cm³/mol. The van der Waals surface area contributed by atoms with Crippen LogP contribution in [0.5, 0.6) is 0 Å². The molecule has 6 heteroatoms. The average Bonchev–Trinajstić information content (AvgIpc) is 2.91. The van der Waals surface area contributed by atoms with Crippen molar-refractivity contribution in [1.82, 2.24) is 5.32 Å². The number of anilines is 1. The highest BCUT2D eigenvalue weighted by molar-refractivity contribution is 7.92. The zero-order valence-corrected chi connectivity index (χ0v) is 15.5. The van der Waals surface area contributed by atoms with E-state index in [1.165, 1.54) is 25.0 Å². The molecule has 0 spiro atoms. The molecule has 2 N–H and O–H groups in total. The molecular formula is C20H24N2O3S. The van der Waals surface area contributed by atoms with E-state index in [0.29, 0.717) is 11.3 Å². The highest BCUT2D eigenvalue weighted by atomic mass is 32.2. The van der Waals surface area contributed by atoms with Crippen molar-refractivity contribution in [1.29, 1.82) is 0 Å². The molecule has 0 aliphatic heterocycles. The molecule has 2 aromatic rings. The summed E-state index contributed by atoms with van der Waals surface area (Å²) in [6.45, 7) is 0. The summed E-state index contributed by atoms with van der Waals surface area (Å²) in [5.74, 6) is -0.233. The number of amides is 1. The first kappa shape index (κ1) is 18.5. The number of carbonyl (C=O) groups is 1. The molecule has 1 aliphatic rings. The summed E-state index contributed by atoms with van der Waals surface area (Å²) in [5.41, 5.74) is 0.638. The second kappa shape index (κ2) is 8.36. The number of benzene rings is 2. The van der Waals surface area contributed by atoms with Crippen LogP contribution < -0.4 is 10.0 Å². The molecular weight excluding hydrogens is 348 g/mol. The monoisotopic (exact) mass is 372 g/mol. The zero-order chi connectivity index (χ0) is 18.4. The van der Waals surface area contributed by atoms with Gasteiger partial charge in [0.2, 0.25) is 0 Å². The van der Waals surface area contributed by atoms with E-state index in [4.69, 9.17) is 0 Å². The fourth-order valence-corrected chi connectivity index (χ4v) is 4.36. The van der Waals surface area contributed by atoms with Crippen LogP contribution >= 0.6 is 0 Å². The number of sulfonamides is 1. The summed E-state index contributed by atoms with van der Waals surface area (Å²) in [6.07, 6.45) is 6.60. The Hall–Kier alpha value is -2.34. The van der Waals surface area contributed by atoms with Gasteiger partial charge in [0.15, 0.2) is 0 Å². The largest absolute Gasteiger partial charge is 0.349 e. The van der Waals surface area contributed by atoms with Crippen molar-refractivity contribution in [2.24, 2.45) is 0 Å². The number of hydrogen-bond donors (Lipinski definition) is 2. The molecule has 2 aromatic carbocycles. The van der Waals surface area contributed by atoms with Crippen molar-refractivity contribution in [3.8, 4) is 0 Å². The summed E-state index contributed by atoms with van der Waals surface area (Å²) in [6, 6.07) is 15.0. The average molecular weight is 372 g/mol. The van der Waals surface area contributed by atoms with Crippen LogP contribution in [-0.2, 0) is 10.0 Å². The maximum absolute atomic E-state index is 12.7. The Labute approximate surface area is 154 Å². The van der Waals surface area contributed by atoms with Crippen LogP contribution in [0.25, 0.3) is 0 Å². The standard InChI is InChI=1S/C20H24N2O3S/c23-20(21-16-10-4-1-2-5-11-16)18-14-8-9-15-19(18)22-26(24,25)17-12-6-3-7-13-17/h3,6-9,12-16,22H,1-2,4-5,10-11H2,(H,21,23). The first-order valence-electron chi connectivity index (χ1n) is 9.04. The lowest BCUT2D eigenvalue weighted by Gasteiger charge is -2.18. The Kier molecular flexibility index (Phi) is 5.93. The summed E-state index contributed by atoms with van der Waals surface area (Å²) >= 11 is 0.